The fraction of sp³-hybridized carbons (Fsp3) is 0.316. The molecule has 0 aliphatic carbocycles. The molecule has 290 valence electrons. The van der Waals surface area contributed by atoms with E-state index in [4.69, 9.17) is 31.1 Å². The summed E-state index contributed by atoms with van der Waals surface area (Å²) < 4.78 is 16.1. The summed E-state index contributed by atoms with van der Waals surface area (Å²) in [5, 5.41) is 12.9. The number of amides is 4. The van der Waals surface area contributed by atoms with Crippen molar-refractivity contribution in [2.75, 3.05) is 10.2 Å². The third-order valence-corrected chi connectivity index (χ3v) is 8.09. The highest BCUT2D eigenvalue weighted by Crippen LogP contribution is 2.38. The first-order valence-corrected chi connectivity index (χ1v) is 17.2. The Kier molecular flexibility index (Phi) is 13.1. The number of urea groups is 1. The van der Waals surface area contributed by atoms with Gasteiger partial charge in [-0.25, -0.2) is 19.3 Å². The van der Waals surface area contributed by atoms with Crippen LogP contribution in [0, 0.1) is 5.41 Å². The molecule has 1 unspecified atom stereocenters. The molecule has 4 amide bonds. The molecule has 17 nitrogen and oxygen atoms in total. The molecule has 0 saturated carbocycles. The number of ether oxygens (including phenoxy) is 3. The van der Waals surface area contributed by atoms with Gasteiger partial charge in [-0.1, -0.05) is 54.6 Å². The van der Waals surface area contributed by atoms with Crippen LogP contribution >= 0.6 is 0 Å². The van der Waals surface area contributed by atoms with E-state index >= 15 is 0 Å². The van der Waals surface area contributed by atoms with E-state index in [1.165, 1.54) is 56.3 Å². The third kappa shape index (κ3) is 9.13. The van der Waals surface area contributed by atoms with Crippen molar-refractivity contribution < 1.29 is 47.8 Å². The molecule has 0 radical (unpaired) electrons. The fourth-order valence-corrected chi connectivity index (χ4v) is 5.82. The molecule has 1 fully saturated rings. The van der Waals surface area contributed by atoms with E-state index in [0.717, 1.165) is 12.5 Å². The quantitative estimate of drug-likeness (QED) is 0.0374. The molecule has 17 heteroatoms. The highest BCUT2D eigenvalue weighted by Gasteiger charge is 2.65. The maximum atomic E-state index is 14.6. The van der Waals surface area contributed by atoms with Gasteiger partial charge in [0, 0.05) is 16.9 Å². The van der Waals surface area contributed by atoms with E-state index in [-0.39, 0.29) is 34.0 Å². The monoisotopic (exact) mass is 757 g/mol. The van der Waals surface area contributed by atoms with Crippen molar-refractivity contribution in [1.29, 1.82) is 5.41 Å². The number of Topliss-reactive ketones (excluding diaryl/α,β-unsaturated/α-hetero) is 1. The van der Waals surface area contributed by atoms with E-state index in [0.29, 0.717) is 4.90 Å². The van der Waals surface area contributed by atoms with Crippen molar-refractivity contribution in [3.05, 3.63) is 95.6 Å². The number of ketones is 1. The summed E-state index contributed by atoms with van der Waals surface area (Å²) in [6, 6.07) is 15.2. The topological polar surface area (TPSA) is 254 Å². The van der Waals surface area contributed by atoms with E-state index in [1.54, 1.807) is 50.2 Å². The van der Waals surface area contributed by atoms with Gasteiger partial charge in [0.1, 0.15) is 12.6 Å². The Morgan fingerprint density at radius 2 is 1.53 bits per heavy atom. The Balaban J connectivity index is 1.85. The molecule has 3 aromatic rings. The van der Waals surface area contributed by atoms with Gasteiger partial charge in [-0.05, 0) is 64.4 Å². The summed E-state index contributed by atoms with van der Waals surface area (Å²) in [6.07, 6.45) is -2.18. The Morgan fingerprint density at radius 1 is 0.927 bits per heavy atom. The summed E-state index contributed by atoms with van der Waals surface area (Å²) in [5.74, 6) is -7.33. The number of guanidine groups is 1. The lowest BCUT2D eigenvalue weighted by Gasteiger charge is -2.44. The number of anilines is 2. The molecule has 1 saturated heterocycles. The highest BCUT2D eigenvalue weighted by atomic mass is 16.6. The van der Waals surface area contributed by atoms with Gasteiger partial charge >= 0.3 is 23.9 Å². The van der Waals surface area contributed by atoms with Gasteiger partial charge < -0.3 is 36.3 Å². The predicted octanol–water partition coefficient (Wildman–Crippen LogP) is 2.88. The van der Waals surface area contributed by atoms with Crippen LogP contribution in [0.15, 0.2) is 78.9 Å². The third-order valence-electron chi connectivity index (χ3n) is 8.09. The molecule has 0 spiro atoms. The lowest BCUT2D eigenvalue weighted by atomic mass is 9.96. The number of esters is 3. The number of nitrogens with one attached hydrogen (secondary N) is 3. The van der Waals surface area contributed by atoms with Gasteiger partial charge in [-0.3, -0.25) is 29.5 Å². The number of carbonyl (C=O) groups excluding carboxylic acids is 7. The van der Waals surface area contributed by atoms with E-state index in [1.807, 2.05) is 0 Å². The molecule has 1 heterocycles. The Labute approximate surface area is 316 Å². The van der Waals surface area contributed by atoms with Crippen LogP contribution in [0.25, 0.3) is 0 Å². The zero-order valence-electron chi connectivity index (χ0n) is 30.9. The first-order valence-electron chi connectivity index (χ1n) is 17.2. The Bertz CT molecular complexity index is 1970. The van der Waals surface area contributed by atoms with Crippen molar-refractivity contribution in [1.82, 2.24) is 10.2 Å². The second kappa shape index (κ2) is 17.5. The maximum absolute atomic E-state index is 14.6. The highest BCUT2D eigenvalue weighted by molar-refractivity contribution is 6.24. The maximum Gasteiger partial charge on any atom is 0.362 e. The van der Waals surface area contributed by atoms with E-state index < -0.39 is 83.9 Å². The van der Waals surface area contributed by atoms with Gasteiger partial charge in [-0.2, -0.15) is 0 Å². The lowest BCUT2D eigenvalue weighted by molar-refractivity contribution is -0.168. The molecule has 1 aliphatic rings. The average molecular weight is 758 g/mol. The number of hydrogen-bond acceptors (Lipinski definition) is 12. The minimum Gasteiger partial charge on any atom is -0.463 e. The molecule has 4 rings (SSSR count). The first-order chi connectivity index (χ1) is 26.0. The lowest BCUT2D eigenvalue weighted by Crippen LogP contribution is -2.74. The molecule has 3 atom stereocenters. The number of benzene rings is 3. The fourth-order valence-electron chi connectivity index (χ4n) is 5.82. The zero-order chi connectivity index (χ0) is 40.6. The molecule has 0 aromatic heterocycles. The molecule has 55 heavy (non-hydrogen) atoms. The standard InChI is InChI=1S/C38H43N7O10/c1-21(2)54-30(47)19-28(39)32(48)44(26-14-10-7-11-15-26)38(23(5)46,35(51)55-22(3)4)45-33(49)31(43-37(45)52)27-17-16-25(18-29(27)42-36(40)41)34(50)53-20-24-12-8-6-9-13-24/h6-18,21-22,28,31H,19-20,39H2,1-5H3,(H,43,52)(H4,40,41,42)/t28-,31?,38+/m0/s1. The summed E-state index contributed by atoms with van der Waals surface area (Å²) in [4.78, 5) is 98.1. The molecule has 7 N–H and O–H groups in total. The number of rotatable bonds is 15. The smallest absolute Gasteiger partial charge is 0.362 e. The van der Waals surface area contributed by atoms with Gasteiger partial charge in [0.25, 0.3) is 11.6 Å². The normalized spacial score (nSPS) is 15.4. The number of nitrogens with zero attached hydrogens (tertiary/aromatic N) is 2. The summed E-state index contributed by atoms with van der Waals surface area (Å²) in [5.41, 5.74) is 9.15. The second-order valence-corrected chi connectivity index (χ2v) is 13.0. The predicted molar refractivity (Wildman–Crippen MR) is 198 cm³/mol. The molecule has 3 aromatic carbocycles. The Hall–Kier alpha value is -6.62. The van der Waals surface area contributed by atoms with Crippen LogP contribution in [0.2, 0.25) is 0 Å². The van der Waals surface area contributed by atoms with E-state index in [9.17, 15) is 33.6 Å². The van der Waals surface area contributed by atoms with Gasteiger partial charge in [0.05, 0.1) is 30.2 Å². The van der Waals surface area contributed by atoms with Crippen molar-refractivity contribution in [2.24, 2.45) is 11.5 Å². The number of carbonyl (C=O) groups is 7. The van der Waals surface area contributed by atoms with Crippen molar-refractivity contribution >= 4 is 58.9 Å². The van der Waals surface area contributed by atoms with Crippen molar-refractivity contribution in [3.8, 4) is 0 Å². The molecule has 1 aliphatic heterocycles. The number of nitrogens with two attached hydrogens (primary N) is 2. The Morgan fingerprint density at radius 3 is 2.09 bits per heavy atom. The van der Waals surface area contributed by atoms with Crippen LogP contribution in [-0.4, -0.2) is 76.3 Å². The summed E-state index contributed by atoms with van der Waals surface area (Å²) in [7, 11) is 0. The molecular formula is C38H43N7O10. The molecule has 0 bridgehead atoms. The first kappa shape index (κ1) is 41.1. The van der Waals surface area contributed by atoms with Crippen LogP contribution in [0.5, 0.6) is 0 Å². The minimum atomic E-state index is -3.16. The minimum absolute atomic E-state index is 0.0125. The average Bonchev–Trinajstić information content (AvgIpc) is 3.41. The number of para-hydroxylation sites is 1. The van der Waals surface area contributed by atoms with Crippen LogP contribution in [0.1, 0.15) is 68.6 Å². The summed E-state index contributed by atoms with van der Waals surface area (Å²) >= 11 is 0. The zero-order valence-corrected chi connectivity index (χ0v) is 30.9. The van der Waals surface area contributed by atoms with Gasteiger partial charge in [0.15, 0.2) is 11.7 Å². The van der Waals surface area contributed by atoms with Crippen molar-refractivity contribution in [2.45, 2.75) is 77.6 Å². The van der Waals surface area contributed by atoms with Crippen LogP contribution in [0.3, 0.4) is 0 Å². The summed E-state index contributed by atoms with van der Waals surface area (Å²) in [6.45, 7) is 6.90. The van der Waals surface area contributed by atoms with Crippen LogP contribution in [0.4, 0.5) is 16.2 Å². The van der Waals surface area contributed by atoms with E-state index in [2.05, 4.69) is 10.6 Å². The number of imide groups is 1. The van der Waals surface area contributed by atoms with Crippen LogP contribution in [-0.2, 0) is 44.8 Å². The second-order valence-electron chi connectivity index (χ2n) is 13.0. The van der Waals surface area contributed by atoms with Gasteiger partial charge in [-0.15, -0.1) is 0 Å². The number of hydrogen-bond donors (Lipinski definition) is 5. The largest absolute Gasteiger partial charge is 0.463 e. The SMILES string of the molecule is CC(=O)[C@](C(=O)OC(C)C)(N1C(=O)NC(c2ccc(C(=O)OCc3ccccc3)cc2NC(=N)N)C1=O)N(C(=O)[C@@H](N)CC(=O)OC(C)C)c1ccccc1. The van der Waals surface area contributed by atoms with Crippen LogP contribution < -0.4 is 27.0 Å². The van der Waals surface area contributed by atoms with Crippen molar-refractivity contribution in [3.63, 3.8) is 0 Å². The van der Waals surface area contributed by atoms with Gasteiger partial charge in [0.2, 0.25) is 5.91 Å². The molecular weight excluding hydrogens is 714 g/mol.